The van der Waals surface area contributed by atoms with E-state index in [9.17, 15) is 8.78 Å². The number of nitrogens with two attached hydrogens (primary N) is 1. The third-order valence-electron chi connectivity index (χ3n) is 1.71. The van der Waals surface area contributed by atoms with Crippen LogP contribution in [0.5, 0.6) is 5.75 Å². The molecule has 0 bridgehead atoms. The standard InChI is InChI=1S/C8H9ClF2N2O/c1-14-7-4(2-12)3-13-6(5(7)9)8(10)11/h3,8H,2,12H2,1H3. The van der Waals surface area contributed by atoms with Crippen molar-refractivity contribution < 1.29 is 13.5 Å². The fraction of sp³-hybridized carbons (Fsp3) is 0.375. The van der Waals surface area contributed by atoms with Crippen molar-refractivity contribution in [2.45, 2.75) is 13.0 Å². The van der Waals surface area contributed by atoms with Gasteiger partial charge in [0.1, 0.15) is 16.5 Å². The van der Waals surface area contributed by atoms with E-state index in [1.165, 1.54) is 13.3 Å². The van der Waals surface area contributed by atoms with Gasteiger partial charge in [-0.3, -0.25) is 4.98 Å². The molecule has 1 aromatic rings. The van der Waals surface area contributed by atoms with E-state index in [4.69, 9.17) is 22.1 Å². The van der Waals surface area contributed by atoms with Crippen molar-refractivity contribution in [2.75, 3.05) is 7.11 Å². The van der Waals surface area contributed by atoms with Gasteiger partial charge in [-0.05, 0) is 0 Å². The first-order chi connectivity index (χ1) is 6.61. The second-order valence-electron chi connectivity index (χ2n) is 2.52. The van der Waals surface area contributed by atoms with Crippen molar-refractivity contribution in [1.29, 1.82) is 0 Å². The molecule has 0 aliphatic rings. The number of halogens is 3. The first-order valence-electron chi connectivity index (χ1n) is 3.81. The summed E-state index contributed by atoms with van der Waals surface area (Å²) in [6.07, 6.45) is -1.48. The van der Waals surface area contributed by atoms with Crippen LogP contribution in [0.1, 0.15) is 17.7 Å². The third-order valence-corrected chi connectivity index (χ3v) is 2.07. The van der Waals surface area contributed by atoms with E-state index >= 15 is 0 Å². The Balaban J connectivity index is 3.27. The molecule has 0 saturated carbocycles. The highest BCUT2D eigenvalue weighted by atomic mass is 35.5. The number of rotatable bonds is 3. The van der Waals surface area contributed by atoms with E-state index in [2.05, 4.69) is 4.98 Å². The van der Waals surface area contributed by atoms with Crippen molar-refractivity contribution in [1.82, 2.24) is 4.98 Å². The lowest BCUT2D eigenvalue weighted by Crippen LogP contribution is -2.04. The highest BCUT2D eigenvalue weighted by molar-refractivity contribution is 6.32. The second-order valence-corrected chi connectivity index (χ2v) is 2.90. The Bertz CT molecular complexity index is 333. The highest BCUT2D eigenvalue weighted by Gasteiger charge is 2.19. The van der Waals surface area contributed by atoms with Gasteiger partial charge in [0.2, 0.25) is 0 Å². The van der Waals surface area contributed by atoms with Gasteiger partial charge in [0.15, 0.2) is 0 Å². The van der Waals surface area contributed by atoms with Crippen LogP contribution >= 0.6 is 11.6 Å². The minimum Gasteiger partial charge on any atom is -0.495 e. The molecule has 0 aliphatic heterocycles. The van der Waals surface area contributed by atoms with Gasteiger partial charge in [-0.15, -0.1) is 0 Å². The van der Waals surface area contributed by atoms with Gasteiger partial charge >= 0.3 is 0 Å². The third kappa shape index (κ3) is 1.93. The van der Waals surface area contributed by atoms with Gasteiger partial charge in [0, 0.05) is 18.3 Å². The Morgan fingerprint density at radius 1 is 1.64 bits per heavy atom. The lowest BCUT2D eigenvalue weighted by atomic mass is 10.2. The van der Waals surface area contributed by atoms with Crippen LogP contribution in [0, 0.1) is 0 Å². The van der Waals surface area contributed by atoms with Crippen molar-refractivity contribution in [3.05, 3.63) is 22.5 Å². The Morgan fingerprint density at radius 2 is 2.29 bits per heavy atom. The predicted molar refractivity (Wildman–Crippen MR) is 48.6 cm³/mol. The maximum atomic E-state index is 12.3. The van der Waals surface area contributed by atoms with Crippen molar-refractivity contribution >= 4 is 11.6 Å². The molecule has 0 aliphatic carbocycles. The predicted octanol–water partition coefficient (Wildman–Crippen LogP) is 2.14. The number of alkyl halides is 2. The monoisotopic (exact) mass is 222 g/mol. The molecule has 1 aromatic heterocycles. The molecule has 14 heavy (non-hydrogen) atoms. The summed E-state index contributed by atoms with van der Waals surface area (Å²) in [7, 11) is 1.34. The lowest BCUT2D eigenvalue weighted by Gasteiger charge is -2.10. The number of hydrogen-bond acceptors (Lipinski definition) is 3. The fourth-order valence-corrected chi connectivity index (χ4v) is 1.37. The summed E-state index contributed by atoms with van der Waals surface area (Å²) < 4.78 is 29.6. The quantitative estimate of drug-likeness (QED) is 0.853. The molecule has 0 radical (unpaired) electrons. The van der Waals surface area contributed by atoms with Gasteiger partial charge in [-0.25, -0.2) is 8.78 Å². The normalized spacial score (nSPS) is 10.7. The van der Waals surface area contributed by atoms with Crippen LogP contribution < -0.4 is 10.5 Å². The van der Waals surface area contributed by atoms with Crippen LogP contribution in [0.15, 0.2) is 6.20 Å². The molecule has 78 valence electrons. The molecular weight excluding hydrogens is 214 g/mol. The van der Waals surface area contributed by atoms with E-state index in [1.807, 2.05) is 0 Å². The Hall–Kier alpha value is -0.940. The molecule has 3 nitrogen and oxygen atoms in total. The van der Waals surface area contributed by atoms with Gasteiger partial charge in [0.25, 0.3) is 6.43 Å². The van der Waals surface area contributed by atoms with Crippen LogP contribution in [0.4, 0.5) is 8.78 Å². The van der Waals surface area contributed by atoms with E-state index in [0.717, 1.165) is 0 Å². The minimum absolute atomic E-state index is 0.138. The number of ether oxygens (including phenoxy) is 1. The van der Waals surface area contributed by atoms with Gasteiger partial charge in [0.05, 0.1) is 7.11 Å². The number of pyridine rings is 1. The number of nitrogens with zero attached hydrogens (tertiary/aromatic N) is 1. The maximum Gasteiger partial charge on any atom is 0.281 e. The van der Waals surface area contributed by atoms with Crippen LogP contribution in [0.2, 0.25) is 5.02 Å². The summed E-state index contributed by atoms with van der Waals surface area (Å²) in [4.78, 5) is 3.52. The van der Waals surface area contributed by atoms with Crippen LogP contribution in [-0.4, -0.2) is 12.1 Å². The Morgan fingerprint density at radius 3 is 2.71 bits per heavy atom. The molecular formula is C8H9ClF2N2O. The number of aromatic nitrogens is 1. The molecule has 2 N–H and O–H groups in total. The van der Waals surface area contributed by atoms with Crippen molar-refractivity contribution in [3.63, 3.8) is 0 Å². The molecule has 0 unspecified atom stereocenters. The number of methoxy groups -OCH3 is 1. The molecule has 0 aromatic carbocycles. The van der Waals surface area contributed by atoms with Gasteiger partial charge in [-0.1, -0.05) is 11.6 Å². The van der Waals surface area contributed by atoms with E-state index < -0.39 is 12.1 Å². The molecule has 0 atom stereocenters. The average Bonchev–Trinajstić information content (AvgIpc) is 2.16. The Labute approximate surface area is 84.8 Å². The fourth-order valence-electron chi connectivity index (χ4n) is 1.04. The zero-order chi connectivity index (χ0) is 10.7. The van der Waals surface area contributed by atoms with E-state index in [-0.39, 0.29) is 17.3 Å². The average molecular weight is 223 g/mol. The second kappa shape index (κ2) is 4.52. The molecule has 1 rings (SSSR count). The summed E-state index contributed by atoms with van der Waals surface area (Å²) in [6.45, 7) is 0.138. The van der Waals surface area contributed by atoms with Crippen LogP contribution in [0.25, 0.3) is 0 Å². The largest absolute Gasteiger partial charge is 0.495 e. The molecule has 6 heteroatoms. The van der Waals surface area contributed by atoms with E-state index in [0.29, 0.717) is 5.56 Å². The SMILES string of the molecule is COc1c(CN)cnc(C(F)F)c1Cl. The lowest BCUT2D eigenvalue weighted by molar-refractivity contribution is 0.145. The topological polar surface area (TPSA) is 48.1 Å². The smallest absolute Gasteiger partial charge is 0.281 e. The Kier molecular flexibility index (Phi) is 3.60. The highest BCUT2D eigenvalue weighted by Crippen LogP contribution is 2.34. The summed E-state index contributed by atoms with van der Waals surface area (Å²) in [5.74, 6) is 0.166. The van der Waals surface area contributed by atoms with Crippen molar-refractivity contribution in [2.24, 2.45) is 5.73 Å². The minimum atomic E-state index is -2.72. The summed E-state index contributed by atoms with van der Waals surface area (Å²) >= 11 is 5.66. The first kappa shape index (κ1) is 11.1. The molecule has 1 heterocycles. The maximum absolute atomic E-state index is 12.3. The molecule has 0 amide bonds. The van der Waals surface area contributed by atoms with Crippen LogP contribution in [-0.2, 0) is 6.54 Å². The first-order valence-corrected chi connectivity index (χ1v) is 4.19. The summed E-state index contributed by atoms with van der Waals surface area (Å²) in [6, 6.07) is 0. The summed E-state index contributed by atoms with van der Waals surface area (Å²) in [5.41, 5.74) is 5.37. The summed E-state index contributed by atoms with van der Waals surface area (Å²) in [5, 5.41) is -0.176. The van der Waals surface area contributed by atoms with Gasteiger partial charge < -0.3 is 10.5 Å². The molecule has 0 spiro atoms. The van der Waals surface area contributed by atoms with Crippen LogP contribution in [0.3, 0.4) is 0 Å². The zero-order valence-electron chi connectivity index (χ0n) is 7.43. The molecule has 0 fully saturated rings. The van der Waals surface area contributed by atoms with E-state index in [1.54, 1.807) is 0 Å². The van der Waals surface area contributed by atoms with Gasteiger partial charge in [-0.2, -0.15) is 0 Å². The zero-order valence-corrected chi connectivity index (χ0v) is 8.18. The molecule has 0 saturated heterocycles. The number of hydrogen-bond donors (Lipinski definition) is 1. The van der Waals surface area contributed by atoms with Crippen molar-refractivity contribution in [3.8, 4) is 5.75 Å².